The van der Waals surface area contributed by atoms with Crippen LogP contribution in [0.1, 0.15) is 24.2 Å². The minimum atomic E-state index is -0.367. The highest BCUT2D eigenvalue weighted by Gasteiger charge is 2.14. The molecule has 0 radical (unpaired) electrons. The Balaban J connectivity index is 2.12. The van der Waals surface area contributed by atoms with Gasteiger partial charge < -0.3 is 10.3 Å². The molecule has 4 nitrogen and oxygen atoms in total. The van der Waals surface area contributed by atoms with Gasteiger partial charge in [0.15, 0.2) is 5.82 Å². The number of benzene rings is 1. The highest BCUT2D eigenvalue weighted by atomic mass is 35.5. The summed E-state index contributed by atoms with van der Waals surface area (Å²) in [7, 11) is 0. The molecule has 0 aliphatic rings. The lowest BCUT2D eigenvalue weighted by atomic mass is 10.1. The average molecular weight is 284 g/mol. The van der Waals surface area contributed by atoms with Crippen molar-refractivity contribution in [2.75, 3.05) is 6.54 Å². The van der Waals surface area contributed by atoms with E-state index in [1.807, 2.05) is 6.92 Å². The van der Waals surface area contributed by atoms with Gasteiger partial charge in [-0.3, -0.25) is 0 Å². The lowest BCUT2D eigenvalue weighted by molar-refractivity contribution is 0.356. The van der Waals surface area contributed by atoms with Crippen molar-refractivity contribution in [3.8, 4) is 0 Å². The highest BCUT2D eigenvalue weighted by molar-refractivity contribution is 6.31. The van der Waals surface area contributed by atoms with Crippen molar-refractivity contribution in [3.05, 3.63) is 46.3 Å². The number of rotatable bonds is 5. The molecule has 6 heteroatoms. The molecule has 0 saturated carbocycles. The van der Waals surface area contributed by atoms with E-state index >= 15 is 0 Å². The Bertz CT molecular complexity index is 538. The zero-order valence-corrected chi connectivity index (χ0v) is 11.3. The topological polar surface area (TPSA) is 64.9 Å². The van der Waals surface area contributed by atoms with Crippen LogP contribution in [-0.2, 0) is 12.8 Å². The van der Waals surface area contributed by atoms with Gasteiger partial charge in [0.2, 0.25) is 5.89 Å². The van der Waals surface area contributed by atoms with Crippen LogP contribution in [0.15, 0.2) is 22.7 Å². The molecule has 2 aromatic rings. The van der Waals surface area contributed by atoms with Gasteiger partial charge in [0, 0.05) is 23.4 Å². The average Bonchev–Trinajstić information content (AvgIpc) is 2.81. The van der Waals surface area contributed by atoms with Gasteiger partial charge in [0.1, 0.15) is 5.82 Å². The van der Waals surface area contributed by atoms with Crippen molar-refractivity contribution < 1.29 is 8.91 Å². The zero-order valence-electron chi connectivity index (χ0n) is 10.6. The van der Waals surface area contributed by atoms with Crippen molar-refractivity contribution in [1.29, 1.82) is 0 Å². The Labute approximate surface area is 115 Å². The van der Waals surface area contributed by atoms with Crippen molar-refractivity contribution in [2.24, 2.45) is 11.7 Å². The molecule has 1 aromatic heterocycles. The van der Waals surface area contributed by atoms with Gasteiger partial charge in [-0.25, -0.2) is 4.39 Å². The molecule has 1 unspecified atom stereocenters. The minimum absolute atomic E-state index is 0.214. The van der Waals surface area contributed by atoms with Gasteiger partial charge >= 0.3 is 0 Å². The molecule has 1 aromatic carbocycles. The van der Waals surface area contributed by atoms with Crippen molar-refractivity contribution in [3.63, 3.8) is 0 Å². The number of hydrogen-bond donors (Lipinski definition) is 1. The fraction of sp³-hybridized carbons (Fsp3) is 0.385. The molecular formula is C13H15ClFN3O. The van der Waals surface area contributed by atoms with Crippen LogP contribution in [0.4, 0.5) is 4.39 Å². The van der Waals surface area contributed by atoms with E-state index in [-0.39, 0.29) is 18.2 Å². The van der Waals surface area contributed by atoms with E-state index in [0.29, 0.717) is 35.3 Å². The maximum atomic E-state index is 13.6. The number of nitrogens with two attached hydrogens (primary N) is 1. The number of halogens is 2. The quantitative estimate of drug-likeness (QED) is 0.916. The van der Waals surface area contributed by atoms with E-state index in [1.54, 1.807) is 12.1 Å². The van der Waals surface area contributed by atoms with Crippen LogP contribution in [0.25, 0.3) is 0 Å². The summed E-state index contributed by atoms with van der Waals surface area (Å²) >= 11 is 5.95. The SMILES string of the molecule is CC(CN)Cc1nc(Cc2c(F)cccc2Cl)no1. The first kappa shape index (κ1) is 14.0. The Morgan fingerprint density at radius 3 is 2.95 bits per heavy atom. The number of hydrogen-bond acceptors (Lipinski definition) is 4. The van der Waals surface area contributed by atoms with Gasteiger partial charge in [0.25, 0.3) is 0 Å². The fourth-order valence-electron chi connectivity index (χ4n) is 1.69. The lowest BCUT2D eigenvalue weighted by Crippen LogP contribution is -2.13. The normalized spacial score (nSPS) is 12.6. The maximum Gasteiger partial charge on any atom is 0.226 e. The molecule has 0 bridgehead atoms. The highest BCUT2D eigenvalue weighted by Crippen LogP contribution is 2.21. The molecule has 1 heterocycles. The van der Waals surface area contributed by atoms with E-state index in [4.69, 9.17) is 21.9 Å². The van der Waals surface area contributed by atoms with Gasteiger partial charge in [-0.15, -0.1) is 0 Å². The molecule has 0 amide bonds. The molecule has 0 aliphatic heterocycles. The van der Waals surface area contributed by atoms with E-state index in [0.717, 1.165) is 0 Å². The molecule has 0 spiro atoms. The zero-order chi connectivity index (χ0) is 13.8. The third kappa shape index (κ3) is 3.52. The summed E-state index contributed by atoms with van der Waals surface area (Å²) in [4.78, 5) is 4.22. The van der Waals surface area contributed by atoms with E-state index in [9.17, 15) is 4.39 Å². The molecule has 102 valence electrons. The predicted molar refractivity (Wildman–Crippen MR) is 70.4 cm³/mol. The Morgan fingerprint density at radius 1 is 1.47 bits per heavy atom. The summed E-state index contributed by atoms with van der Waals surface area (Å²) in [5, 5.41) is 4.19. The largest absolute Gasteiger partial charge is 0.339 e. The van der Waals surface area contributed by atoms with Crippen molar-refractivity contribution >= 4 is 11.6 Å². The third-order valence-corrected chi connectivity index (χ3v) is 3.19. The van der Waals surface area contributed by atoms with Crippen molar-refractivity contribution in [2.45, 2.75) is 19.8 Å². The first-order valence-corrected chi connectivity index (χ1v) is 6.42. The molecule has 19 heavy (non-hydrogen) atoms. The summed E-state index contributed by atoms with van der Waals surface area (Å²) in [5.74, 6) is 0.839. The first-order chi connectivity index (χ1) is 9.10. The second kappa shape index (κ2) is 6.12. The van der Waals surface area contributed by atoms with Gasteiger partial charge in [-0.2, -0.15) is 4.98 Å². The van der Waals surface area contributed by atoms with Crippen LogP contribution >= 0.6 is 11.6 Å². The van der Waals surface area contributed by atoms with E-state index < -0.39 is 0 Å². The minimum Gasteiger partial charge on any atom is -0.339 e. The van der Waals surface area contributed by atoms with E-state index in [2.05, 4.69) is 10.1 Å². The molecule has 0 saturated heterocycles. The smallest absolute Gasteiger partial charge is 0.226 e. The first-order valence-electron chi connectivity index (χ1n) is 6.04. The fourth-order valence-corrected chi connectivity index (χ4v) is 1.92. The molecule has 2 N–H and O–H groups in total. The molecule has 0 aliphatic carbocycles. The summed E-state index contributed by atoms with van der Waals surface area (Å²) in [6.45, 7) is 2.55. The van der Waals surface area contributed by atoms with Gasteiger partial charge in [-0.05, 0) is 24.6 Å². The molecule has 0 fully saturated rings. The van der Waals surface area contributed by atoms with Crippen LogP contribution in [0, 0.1) is 11.7 Å². The van der Waals surface area contributed by atoms with Gasteiger partial charge in [-0.1, -0.05) is 29.7 Å². The molecular weight excluding hydrogens is 269 g/mol. The molecule has 1 atom stereocenters. The Hall–Kier alpha value is -1.46. The molecule has 2 rings (SSSR count). The van der Waals surface area contributed by atoms with E-state index in [1.165, 1.54) is 6.07 Å². The Kier molecular flexibility index (Phi) is 4.50. The maximum absolute atomic E-state index is 13.6. The van der Waals surface area contributed by atoms with Crippen LogP contribution in [0.5, 0.6) is 0 Å². The monoisotopic (exact) mass is 283 g/mol. The second-order valence-corrected chi connectivity index (χ2v) is 4.93. The van der Waals surface area contributed by atoms with Crippen molar-refractivity contribution in [1.82, 2.24) is 10.1 Å². The predicted octanol–water partition coefficient (Wildman–Crippen LogP) is 2.59. The van der Waals surface area contributed by atoms with Gasteiger partial charge in [0.05, 0.1) is 0 Å². The number of nitrogens with zero attached hydrogens (tertiary/aromatic N) is 2. The summed E-state index contributed by atoms with van der Waals surface area (Å²) in [6, 6.07) is 4.56. The van der Waals surface area contributed by atoms with Crippen LogP contribution in [0.2, 0.25) is 5.02 Å². The lowest BCUT2D eigenvalue weighted by Gasteiger charge is -2.02. The summed E-state index contributed by atoms with van der Waals surface area (Å²) < 4.78 is 18.7. The second-order valence-electron chi connectivity index (χ2n) is 4.53. The standard InChI is InChI=1S/C13H15ClFN3O/c1-8(7-16)5-13-17-12(18-19-13)6-9-10(14)3-2-4-11(9)15/h2-4,8H,5-7,16H2,1H3. The number of aromatic nitrogens is 2. The Morgan fingerprint density at radius 2 is 2.26 bits per heavy atom. The summed E-state index contributed by atoms with van der Waals surface area (Å²) in [6.07, 6.45) is 0.834. The third-order valence-electron chi connectivity index (χ3n) is 2.83. The van der Waals surface area contributed by atoms with Crippen LogP contribution in [0.3, 0.4) is 0 Å². The summed E-state index contributed by atoms with van der Waals surface area (Å²) in [5.41, 5.74) is 5.91. The van der Waals surface area contributed by atoms with Crippen LogP contribution < -0.4 is 5.73 Å². The van der Waals surface area contributed by atoms with Crippen LogP contribution in [-0.4, -0.2) is 16.7 Å².